The molecule has 0 aliphatic carbocycles. The van der Waals surface area contributed by atoms with Crippen LogP contribution in [-0.4, -0.2) is 50.6 Å². The fourth-order valence-electron chi connectivity index (χ4n) is 3.23. The molecule has 0 rings (SSSR count). The lowest BCUT2D eigenvalue weighted by molar-refractivity contribution is -0.152. The van der Waals surface area contributed by atoms with E-state index in [9.17, 15) is 9.59 Å². The van der Waals surface area contributed by atoms with E-state index in [0.29, 0.717) is 26.1 Å². The number of ether oxygens (including phenoxy) is 4. The first-order chi connectivity index (χ1) is 15.5. The Labute approximate surface area is 197 Å². The average Bonchev–Trinajstić information content (AvgIpc) is 2.75. The molecule has 6 nitrogen and oxygen atoms in total. The maximum absolute atomic E-state index is 11.8. The highest BCUT2D eigenvalue weighted by Gasteiger charge is 2.10. The second-order valence-electron chi connectivity index (χ2n) is 8.79. The van der Waals surface area contributed by atoms with Gasteiger partial charge in [0.25, 0.3) is 0 Å². The van der Waals surface area contributed by atoms with E-state index in [1.54, 1.807) is 0 Å². The van der Waals surface area contributed by atoms with E-state index in [2.05, 4.69) is 13.8 Å². The molecule has 0 aromatic heterocycles. The summed E-state index contributed by atoms with van der Waals surface area (Å²) in [4.78, 5) is 23.7. The standard InChI is InChI=1S/C26H50O6/c1-5-7-19-29-21-23(3)31-25(27)17-15-13-11-9-10-12-14-16-18-26(28)32-24(4)22-30-20-8-6-2/h23-24H,5-22H2,1-4H3. The lowest BCUT2D eigenvalue weighted by Crippen LogP contribution is -2.20. The van der Waals surface area contributed by atoms with Gasteiger partial charge in [0.1, 0.15) is 12.2 Å². The third kappa shape index (κ3) is 22.1. The summed E-state index contributed by atoms with van der Waals surface area (Å²) >= 11 is 0. The minimum atomic E-state index is -0.168. The van der Waals surface area contributed by atoms with Gasteiger partial charge in [0.2, 0.25) is 0 Å². The molecule has 0 saturated carbocycles. The minimum Gasteiger partial charge on any atom is -0.460 e. The van der Waals surface area contributed by atoms with Crippen molar-refractivity contribution >= 4 is 11.9 Å². The molecule has 0 aromatic carbocycles. The van der Waals surface area contributed by atoms with Crippen LogP contribution in [0, 0.1) is 0 Å². The second kappa shape index (κ2) is 23.0. The van der Waals surface area contributed by atoms with Crippen LogP contribution >= 0.6 is 0 Å². The van der Waals surface area contributed by atoms with E-state index in [-0.39, 0.29) is 24.1 Å². The number of esters is 2. The minimum absolute atomic E-state index is 0.120. The number of rotatable bonds is 23. The molecular formula is C26H50O6. The van der Waals surface area contributed by atoms with Gasteiger partial charge in [-0.1, -0.05) is 65.2 Å². The van der Waals surface area contributed by atoms with Gasteiger partial charge in [-0.15, -0.1) is 0 Å². The summed E-state index contributed by atoms with van der Waals surface area (Å²) in [7, 11) is 0. The van der Waals surface area contributed by atoms with E-state index in [4.69, 9.17) is 18.9 Å². The van der Waals surface area contributed by atoms with Crippen molar-refractivity contribution in [3.05, 3.63) is 0 Å². The number of carbonyl (C=O) groups excluding carboxylic acids is 2. The van der Waals surface area contributed by atoms with Gasteiger partial charge in [-0.05, 0) is 39.5 Å². The number of carbonyl (C=O) groups is 2. The van der Waals surface area contributed by atoms with E-state index in [0.717, 1.165) is 77.4 Å². The van der Waals surface area contributed by atoms with Crippen molar-refractivity contribution < 1.29 is 28.5 Å². The van der Waals surface area contributed by atoms with Crippen LogP contribution in [0.4, 0.5) is 0 Å². The van der Waals surface area contributed by atoms with Crippen molar-refractivity contribution in [1.29, 1.82) is 0 Å². The van der Waals surface area contributed by atoms with Gasteiger partial charge >= 0.3 is 11.9 Å². The van der Waals surface area contributed by atoms with Crippen molar-refractivity contribution in [3.63, 3.8) is 0 Å². The first-order valence-corrected chi connectivity index (χ1v) is 13.0. The fourth-order valence-corrected chi connectivity index (χ4v) is 3.23. The van der Waals surface area contributed by atoms with Crippen LogP contribution in [-0.2, 0) is 28.5 Å². The zero-order valence-corrected chi connectivity index (χ0v) is 21.3. The predicted molar refractivity (Wildman–Crippen MR) is 129 cm³/mol. The van der Waals surface area contributed by atoms with Crippen molar-refractivity contribution in [1.82, 2.24) is 0 Å². The summed E-state index contributed by atoms with van der Waals surface area (Å²) in [5, 5.41) is 0. The lowest BCUT2D eigenvalue weighted by Gasteiger charge is -2.13. The summed E-state index contributed by atoms with van der Waals surface area (Å²) < 4.78 is 21.7. The van der Waals surface area contributed by atoms with Gasteiger partial charge in [0.15, 0.2) is 0 Å². The van der Waals surface area contributed by atoms with Crippen LogP contribution in [0.5, 0.6) is 0 Å². The molecule has 32 heavy (non-hydrogen) atoms. The zero-order valence-electron chi connectivity index (χ0n) is 21.3. The largest absolute Gasteiger partial charge is 0.460 e. The van der Waals surface area contributed by atoms with E-state index in [1.807, 2.05) is 13.8 Å². The molecule has 2 atom stereocenters. The van der Waals surface area contributed by atoms with Gasteiger partial charge in [-0.25, -0.2) is 0 Å². The Morgan fingerprint density at radius 3 is 1.25 bits per heavy atom. The smallest absolute Gasteiger partial charge is 0.306 e. The van der Waals surface area contributed by atoms with Gasteiger partial charge < -0.3 is 18.9 Å². The van der Waals surface area contributed by atoms with Crippen LogP contribution in [0.1, 0.15) is 118 Å². The van der Waals surface area contributed by atoms with Crippen LogP contribution in [0.15, 0.2) is 0 Å². The first kappa shape index (κ1) is 30.9. The SMILES string of the molecule is CCCCOCC(C)OC(=O)CCCCCCCCCCC(=O)OC(C)COCCCC. The topological polar surface area (TPSA) is 71.1 Å². The lowest BCUT2D eigenvalue weighted by atomic mass is 10.1. The van der Waals surface area contributed by atoms with Gasteiger partial charge in [-0.2, -0.15) is 0 Å². The number of hydrogen-bond acceptors (Lipinski definition) is 6. The van der Waals surface area contributed by atoms with Crippen molar-refractivity contribution in [3.8, 4) is 0 Å². The van der Waals surface area contributed by atoms with Gasteiger partial charge in [0, 0.05) is 26.1 Å². The third-order valence-corrected chi connectivity index (χ3v) is 5.17. The van der Waals surface area contributed by atoms with Crippen LogP contribution < -0.4 is 0 Å². The molecule has 6 heteroatoms. The molecule has 2 unspecified atom stereocenters. The molecule has 0 radical (unpaired) electrons. The Balaban J connectivity index is 3.42. The van der Waals surface area contributed by atoms with E-state index < -0.39 is 0 Å². The Morgan fingerprint density at radius 1 is 0.562 bits per heavy atom. The molecule has 0 N–H and O–H groups in total. The van der Waals surface area contributed by atoms with E-state index >= 15 is 0 Å². The summed E-state index contributed by atoms with van der Waals surface area (Å²) in [6.07, 6.45) is 13.5. The number of unbranched alkanes of at least 4 members (excludes halogenated alkanes) is 9. The zero-order chi connectivity index (χ0) is 23.9. The predicted octanol–water partition coefficient (Wildman–Crippen LogP) is 6.38. The van der Waals surface area contributed by atoms with Crippen LogP contribution in [0.2, 0.25) is 0 Å². The normalized spacial score (nSPS) is 13.0. The summed E-state index contributed by atoms with van der Waals surface area (Å²) in [5.41, 5.74) is 0. The summed E-state index contributed by atoms with van der Waals surface area (Å²) in [6, 6.07) is 0. The monoisotopic (exact) mass is 458 g/mol. The quantitative estimate of drug-likeness (QED) is 0.131. The molecule has 0 bridgehead atoms. The van der Waals surface area contributed by atoms with Gasteiger partial charge in [0.05, 0.1) is 13.2 Å². The molecule has 0 fully saturated rings. The van der Waals surface area contributed by atoms with Crippen molar-refractivity contribution in [2.24, 2.45) is 0 Å². The summed E-state index contributed by atoms with van der Waals surface area (Å²) in [6.45, 7) is 10.4. The molecule has 0 amide bonds. The highest BCUT2D eigenvalue weighted by Crippen LogP contribution is 2.12. The van der Waals surface area contributed by atoms with Crippen LogP contribution in [0.25, 0.3) is 0 Å². The Bertz CT molecular complexity index is 400. The molecule has 0 aliphatic rings. The van der Waals surface area contributed by atoms with Crippen LogP contribution in [0.3, 0.4) is 0 Å². The Hall–Kier alpha value is -1.14. The molecular weight excluding hydrogens is 408 g/mol. The maximum Gasteiger partial charge on any atom is 0.306 e. The Kier molecular flexibility index (Phi) is 22.2. The highest BCUT2D eigenvalue weighted by atomic mass is 16.6. The molecule has 0 spiro atoms. The molecule has 0 saturated heterocycles. The van der Waals surface area contributed by atoms with Crippen molar-refractivity contribution in [2.75, 3.05) is 26.4 Å². The van der Waals surface area contributed by atoms with Gasteiger partial charge in [-0.3, -0.25) is 9.59 Å². The third-order valence-electron chi connectivity index (χ3n) is 5.17. The molecule has 190 valence electrons. The molecule has 0 aliphatic heterocycles. The Morgan fingerprint density at radius 2 is 0.906 bits per heavy atom. The molecule has 0 heterocycles. The van der Waals surface area contributed by atoms with Crippen molar-refractivity contribution in [2.45, 2.75) is 130 Å². The number of hydrogen-bond donors (Lipinski definition) is 0. The summed E-state index contributed by atoms with van der Waals surface area (Å²) in [5.74, 6) is -0.240. The fraction of sp³-hybridized carbons (Fsp3) is 0.923. The maximum atomic E-state index is 11.8. The second-order valence-corrected chi connectivity index (χ2v) is 8.79. The average molecular weight is 459 g/mol. The highest BCUT2D eigenvalue weighted by molar-refractivity contribution is 5.69. The van der Waals surface area contributed by atoms with E-state index in [1.165, 1.54) is 12.8 Å². The molecule has 0 aromatic rings. The first-order valence-electron chi connectivity index (χ1n) is 13.0.